The minimum absolute atomic E-state index is 0.514. The fourth-order valence-corrected chi connectivity index (χ4v) is 2.13. The van der Waals surface area contributed by atoms with Gasteiger partial charge in [-0.2, -0.15) is 4.98 Å². The third kappa shape index (κ3) is 2.47. The number of aryl methyl sites for hydroxylation is 1. The molecular formula is C15H14BN3O. The van der Waals surface area contributed by atoms with E-state index in [1.807, 2.05) is 18.2 Å². The van der Waals surface area contributed by atoms with Crippen LogP contribution in [-0.2, 0) is 6.42 Å². The van der Waals surface area contributed by atoms with Gasteiger partial charge in [-0.3, -0.25) is 4.98 Å². The quantitative estimate of drug-likeness (QED) is 0.674. The van der Waals surface area contributed by atoms with E-state index in [0.29, 0.717) is 17.4 Å². The van der Waals surface area contributed by atoms with Gasteiger partial charge in [-0.15, -0.1) is 0 Å². The van der Waals surface area contributed by atoms with Crippen LogP contribution in [-0.4, -0.2) is 23.0 Å². The zero-order chi connectivity index (χ0) is 13.9. The molecule has 0 spiro atoms. The van der Waals surface area contributed by atoms with Crippen molar-refractivity contribution in [1.82, 2.24) is 15.1 Å². The maximum absolute atomic E-state index is 5.36. The summed E-state index contributed by atoms with van der Waals surface area (Å²) >= 11 is 0. The van der Waals surface area contributed by atoms with E-state index in [2.05, 4.69) is 48.1 Å². The van der Waals surface area contributed by atoms with Crippen molar-refractivity contribution in [3.05, 3.63) is 48.2 Å². The van der Waals surface area contributed by atoms with E-state index >= 15 is 0 Å². The summed E-state index contributed by atoms with van der Waals surface area (Å²) in [5.74, 6) is 1.05. The molecule has 3 aromatic rings. The molecule has 0 saturated heterocycles. The van der Waals surface area contributed by atoms with Gasteiger partial charge < -0.3 is 4.52 Å². The molecule has 0 fully saturated rings. The zero-order valence-corrected chi connectivity index (χ0v) is 11.5. The van der Waals surface area contributed by atoms with Gasteiger partial charge in [-0.05, 0) is 30.2 Å². The minimum Gasteiger partial charge on any atom is -0.334 e. The Morgan fingerprint density at radius 3 is 2.85 bits per heavy atom. The van der Waals surface area contributed by atoms with Crippen LogP contribution in [0.15, 0.2) is 47.1 Å². The van der Waals surface area contributed by atoms with Gasteiger partial charge in [0.15, 0.2) is 0 Å². The number of aromatic nitrogens is 3. The van der Waals surface area contributed by atoms with Crippen LogP contribution in [0.2, 0.25) is 0 Å². The lowest BCUT2D eigenvalue weighted by molar-refractivity contribution is 0.432. The lowest BCUT2D eigenvalue weighted by Gasteiger charge is -2.02. The molecule has 2 aromatic heterocycles. The Hall–Kier alpha value is -2.43. The van der Waals surface area contributed by atoms with Gasteiger partial charge in [-0.1, -0.05) is 35.7 Å². The first kappa shape index (κ1) is 12.6. The van der Waals surface area contributed by atoms with Crippen LogP contribution in [0.25, 0.3) is 23.0 Å². The Morgan fingerprint density at radius 1 is 1.20 bits per heavy atom. The third-order valence-electron chi connectivity index (χ3n) is 3.11. The van der Waals surface area contributed by atoms with E-state index in [-0.39, 0.29) is 0 Å². The molecule has 0 radical (unpaired) electrons. The normalized spacial score (nSPS) is 10.7. The zero-order valence-electron chi connectivity index (χ0n) is 11.5. The molecule has 2 heterocycles. The predicted molar refractivity (Wildman–Crippen MR) is 80.5 cm³/mol. The van der Waals surface area contributed by atoms with Crippen molar-refractivity contribution < 1.29 is 4.52 Å². The first-order valence-electron chi connectivity index (χ1n) is 6.62. The molecule has 4 nitrogen and oxygen atoms in total. The standard InChI is InChI=1S/C15H14BN3O/c1-2-10-7-11(9-12(16)8-10)15-18-14(19-20-15)13-5-3-4-6-17-13/h3-9H,2,16H2,1H3. The van der Waals surface area contributed by atoms with Crippen molar-refractivity contribution in [3.8, 4) is 23.0 Å². The molecule has 0 saturated carbocycles. The summed E-state index contributed by atoms with van der Waals surface area (Å²) in [4.78, 5) is 8.65. The lowest BCUT2D eigenvalue weighted by atomic mass is 9.91. The second kappa shape index (κ2) is 5.29. The minimum atomic E-state index is 0.514. The highest BCUT2D eigenvalue weighted by molar-refractivity contribution is 6.32. The molecule has 5 heteroatoms. The van der Waals surface area contributed by atoms with Crippen LogP contribution in [0, 0.1) is 0 Å². The van der Waals surface area contributed by atoms with Crippen LogP contribution in [0.4, 0.5) is 0 Å². The summed E-state index contributed by atoms with van der Waals surface area (Å²) in [6.45, 7) is 2.13. The topological polar surface area (TPSA) is 51.8 Å². The molecule has 0 aliphatic rings. The number of pyridine rings is 1. The number of benzene rings is 1. The second-order valence-corrected chi connectivity index (χ2v) is 4.70. The maximum Gasteiger partial charge on any atom is 0.258 e. The Morgan fingerprint density at radius 2 is 2.10 bits per heavy atom. The smallest absolute Gasteiger partial charge is 0.258 e. The van der Waals surface area contributed by atoms with E-state index in [0.717, 1.165) is 12.0 Å². The highest BCUT2D eigenvalue weighted by Crippen LogP contribution is 2.21. The number of nitrogens with zero attached hydrogens (tertiary/aromatic N) is 3. The van der Waals surface area contributed by atoms with Crippen molar-refractivity contribution in [2.75, 3.05) is 0 Å². The van der Waals surface area contributed by atoms with Crippen molar-refractivity contribution in [2.45, 2.75) is 13.3 Å². The fourth-order valence-electron chi connectivity index (χ4n) is 2.13. The molecular weight excluding hydrogens is 249 g/mol. The van der Waals surface area contributed by atoms with Gasteiger partial charge in [0.2, 0.25) is 5.82 Å². The molecule has 98 valence electrons. The summed E-state index contributed by atoms with van der Waals surface area (Å²) < 4.78 is 5.36. The first-order valence-corrected chi connectivity index (χ1v) is 6.62. The monoisotopic (exact) mass is 263 g/mol. The molecule has 0 N–H and O–H groups in total. The molecule has 0 atom stereocenters. The SMILES string of the molecule is Bc1cc(CC)cc(-c2nc(-c3ccccn3)no2)c1. The Labute approximate surface area is 118 Å². The summed E-state index contributed by atoms with van der Waals surface area (Å²) in [6.07, 6.45) is 2.70. The molecule has 3 rings (SSSR count). The van der Waals surface area contributed by atoms with Gasteiger partial charge in [0.1, 0.15) is 13.5 Å². The van der Waals surface area contributed by atoms with Crippen LogP contribution in [0.3, 0.4) is 0 Å². The second-order valence-electron chi connectivity index (χ2n) is 4.70. The largest absolute Gasteiger partial charge is 0.334 e. The summed E-state index contributed by atoms with van der Waals surface area (Å²) in [5.41, 5.74) is 4.12. The fraction of sp³-hybridized carbons (Fsp3) is 0.133. The highest BCUT2D eigenvalue weighted by atomic mass is 16.5. The van der Waals surface area contributed by atoms with Crippen LogP contribution >= 0.6 is 0 Å². The van der Waals surface area contributed by atoms with E-state index in [4.69, 9.17) is 4.52 Å². The molecule has 0 unspecified atom stereocenters. The van der Waals surface area contributed by atoms with Crippen LogP contribution in [0.5, 0.6) is 0 Å². The van der Waals surface area contributed by atoms with Crippen molar-refractivity contribution in [2.24, 2.45) is 0 Å². The van der Waals surface area contributed by atoms with Crippen molar-refractivity contribution in [1.29, 1.82) is 0 Å². The first-order chi connectivity index (χ1) is 9.76. The maximum atomic E-state index is 5.36. The average Bonchev–Trinajstić information content (AvgIpc) is 2.97. The molecule has 1 aromatic carbocycles. The predicted octanol–water partition coefficient (Wildman–Crippen LogP) is 1.62. The molecule has 0 aliphatic carbocycles. The Balaban J connectivity index is 2.00. The molecule has 0 amide bonds. The van der Waals surface area contributed by atoms with E-state index in [1.165, 1.54) is 11.0 Å². The summed E-state index contributed by atoms with van der Waals surface area (Å²) in [5, 5.41) is 4.00. The molecule has 0 aliphatic heterocycles. The lowest BCUT2D eigenvalue weighted by Crippen LogP contribution is -2.03. The van der Waals surface area contributed by atoms with Crippen LogP contribution in [0.1, 0.15) is 12.5 Å². The van der Waals surface area contributed by atoms with Gasteiger partial charge in [0.05, 0.1) is 0 Å². The average molecular weight is 263 g/mol. The van der Waals surface area contributed by atoms with Crippen LogP contribution < -0.4 is 5.46 Å². The molecule has 0 bridgehead atoms. The third-order valence-corrected chi connectivity index (χ3v) is 3.11. The summed E-state index contributed by atoms with van der Waals surface area (Å²) in [6, 6.07) is 11.9. The van der Waals surface area contributed by atoms with Gasteiger partial charge >= 0.3 is 0 Å². The molecule has 20 heavy (non-hydrogen) atoms. The van der Waals surface area contributed by atoms with Gasteiger partial charge in [0.25, 0.3) is 5.89 Å². The number of hydrogen-bond donors (Lipinski definition) is 0. The number of hydrogen-bond acceptors (Lipinski definition) is 4. The summed E-state index contributed by atoms with van der Waals surface area (Å²) in [7, 11) is 2.07. The van der Waals surface area contributed by atoms with E-state index < -0.39 is 0 Å². The van der Waals surface area contributed by atoms with E-state index in [1.54, 1.807) is 6.20 Å². The van der Waals surface area contributed by atoms with Gasteiger partial charge in [-0.25, -0.2) is 0 Å². The van der Waals surface area contributed by atoms with E-state index in [9.17, 15) is 0 Å². The Kier molecular flexibility index (Phi) is 3.33. The van der Waals surface area contributed by atoms with Crippen molar-refractivity contribution in [3.63, 3.8) is 0 Å². The number of rotatable bonds is 3. The highest BCUT2D eigenvalue weighted by Gasteiger charge is 2.11. The van der Waals surface area contributed by atoms with Gasteiger partial charge in [0, 0.05) is 11.8 Å². The van der Waals surface area contributed by atoms with Crippen molar-refractivity contribution >= 4 is 13.3 Å². The Bertz CT molecular complexity index is 725.